The van der Waals surface area contributed by atoms with Gasteiger partial charge in [0.1, 0.15) is 17.5 Å². The van der Waals surface area contributed by atoms with Crippen molar-refractivity contribution in [2.24, 2.45) is 0 Å². The van der Waals surface area contributed by atoms with Gasteiger partial charge in [0.25, 0.3) is 5.56 Å². The van der Waals surface area contributed by atoms with Crippen LogP contribution in [0.4, 0.5) is 0 Å². The van der Waals surface area contributed by atoms with Gasteiger partial charge in [0.15, 0.2) is 0 Å². The lowest BCUT2D eigenvalue weighted by Crippen LogP contribution is -2.29. The number of pyridine rings is 2. The largest absolute Gasteiger partial charge is 0.356 e. The van der Waals surface area contributed by atoms with Gasteiger partial charge in [0, 0.05) is 34.8 Å². The van der Waals surface area contributed by atoms with Crippen LogP contribution in [0, 0.1) is 11.3 Å². The highest BCUT2D eigenvalue weighted by Gasteiger charge is 2.30. The van der Waals surface area contributed by atoms with Gasteiger partial charge in [-0.1, -0.05) is 0 Å². The van der Waals surface area contributed by atoms with Crippen molar-refractivity contribution < 1.29 is 0 Å². The Morgan fingerprint density at radius 1 is 1.16 bits per heavy atom. The highest BCUT2D eigenvalue weighted by molar-refractivity contribution is 5.97. The van der Waals surface area contributed by atoms with Crippen LogP contribution in [0.15, 0.2) is 23.3 Å². The Morgan fingerprint density at radius 3 is 2.71 bits per heavy atom. The molecule has 0 bridgehead atoms. The number of piperidine rings is 1. The van der Waals surface area contributed by atoms with Crippen LogP contribution >= 0.6 is 0 Å². The minimum atomic E-state index is -0.233. The van der Waals surface area contributed by atoms with Crippen LogP contribution in [0.2, 0.25) is 0 Å². The lowest BCUT2D eigenvalue weighted by atomic mass is 9.93. The average molecular weight is 413 g/mol. The molecule has 2 fully saturated rings. The molecule has 1 saturated carbocycles. The first-order valence-electron chi connectivity index (χ1n) is 10.8. The molecular formula is C23H23N7O. The fourth-order valence-corrected chi connectivity index (χ4v) is 4.80. The fraction of sp³-hybridized carbons (Fsp3) is 0.391. The van der Waals surface area contributed by atoms with E-state index in [0.29, 0.717) is 34.3 Å². The van der Waals surface area contributed by atoms with Crippen molar-refractivity contribution in [2.75, 3.05) is 20.1 Å². The molecule has 4 aromatic rings. The smallest absolute Gasteiger partial charge is 0.261 e. The monoisotopic (exact) mass is 413 g/mol. The van der Waals surface area contributed by atoms with Crippen LogP contribution in [0.25, 0.3) is 33.3 Å². The van der Waals surface area contributed by atoms with E-state index in [2.05, 4.69) is 38.0 Å². The SMILES string of the molecule is CN1CCC(c2cc3nc(-c4c(=O)[nH]cc5c(C#N)c(C6CC6)[nH]c45)[nH]c3cn2)CC1. The quantitative estimate of drug-likeness (QED) is 0.476. The Kier molecular flexibility index (Phi) is 4.02. The van der Waals surface area contributed by atoms with Crippen molar-refractivity contribution in [3.63, 3.8) is 0 Å². The summed E-state index contributed by atoms with van der Waals surface area (Å²) in [5, 5.41) is 10.4. The molecule has 1 aliphatic heterocycles. The summed E-state index contributed by atoms with van der Waals surface area (Å²) in [6.45, 7) is 2.15. The van der Waals surface area contributed by atoms with Crippen molar-refractivity contribution >= 4 is 21.9 Å². The third-order valence-corrected chi connectivity index (χ3v) is 6.75. The molecule has 0 amide bonds. The van der Waals surface area contributed by atoms with Gasteiger partial charge < -0.3 is 19.9 Å². The van der Waals surface area contributed by atoms with Gasteiger partial charge in [-0.15, -0.1) is 0 Å². The van der Waals surface area contributed by atoms with Crippen LogP contribution in [0.3, 0.4) is 0 Å². The molecule has 156 valence electrons. The standard InChI is InChI=1S/C23H23N7O/c1-30-6-4-12(5-7-30)16-8-17-18(11-25-16)28-22(27-17)19-21-15(10-26-23(19)31)14(9-24)20(29-21)13-2-3-13/h8,10-13,29H,2-7H2,1H3,(H,26,31)(H,27,28). The summed E-state index contributed by atoms with van der Waals surface area (Å²) in [5.41, 5.74) is 5.11. The van der Waals surface area contributed by atoms with E-state index in [1.165, 1.54) is 0 Å². The van der Waals surface area contributed by atoms with Gasteiger partial charge in [-0.05, 0) is 51.9 Å². The van der Waals surface area contributed by atoms with Crippen LogP contribution in [-0.2, 0) is 0 Å². The maximum Gasteiger partial charge on any atom is 0.261 e. The molecule has 1 aliphatic carbocycles. The number of H-pyrrole nitrogens is 3. The van der Waals surface area contributed by atoms with Gasteiger partial charge in [-0.2, -0.15) is 5.26 Å². The normalized spacial score (nSPS) is 18.1. The summed E-state index contributed by atoms with van der Waals surface area (Å²) < 4.78 is 0. The predicted octanol–water partition coefficient (Wildman–Crippen LogP) is 3.35. The minimum absolute atomic E-state index is 0.233. The van der Waals surface area contributed by atoms with Crippen LogP contribution in [-0.4, -0.2) is 50.0 Å². The first-order chi connectivity index (χ1) is 15.1. The minimum Gasteiger partial charge on any atom is -0.356 e. The zero-order chi connectivity index (χ0) is 21.1. The zero-order valence-electron chi connectivity index (χ0n) is 17.3. The molecule has 8 heteroatoms. The van der Waals surface area contributed by atoms with E-state index < -0.39 is 0 Å². The number of likely N-dealkylation sites (tertiary alicyclic amines) is 1. The molecule has 0 spiro atoms. The predicted molar refractivity (Wildman–Crippen MR) is 118 cm³/mol. The first kappa shape index (κ1) is 18.3. The molecule has 4 aromatic heterocycles. The maximum atomic E-state index is 12.8. The van der Waals surface area contributed by atoms with E-state index in [9.17, 15) is 10.1 Å². The van der Waals surface area contributed by atoms with Crippen LogP contribution in [0.5, 0.6) is 0 Å². The van der Waals surface area contributed by atoms with Crippen LogP contribution < -0.4 is 5.56 Å². The van der Waals surface area contributed by atoms with Crippen molar-refractivity contribution in [1.82, 2.24) is 29.8 Å². The molecule has 3 N–H and O–H groups in total. The molecule has 0 aromatic carbocycles. The zero-order valence-corrected chi connectivity index (χ0v) is 17.3. The van der Waals surface area contributed by atoms with Gasteiger partial charge in [-0.3, -0.25) is 9.78 Å². The summed E-state index contributed by atoms with van der Waals surface area (Å²) >= 11 is 0. The summed E-state index contributed by atoms with van der Waals surface area (Å²) in [7, 11) is 2.15. The Bertz CT molecular complexity index is 1410. The summed E-state index contributed by atoms with van der Waals surface area (Å²) in [5.74, 6) is 1.31. The van der Waals surface area contributed by atoms with E-state index in [4.69, 9.17) is 4.98 Å². The number of nitriles is 1. The maximum absolute atomic E-state index is 12.8. The number of imidazole rings is 1. The Labute approximate surface area is 178 Å². The molecule has 31 heavy (non-hydrogen) atoms. The molecule has 1 saturated heterocycles. The number of nitrogens with zero attached hydrogens (tertiary/aromatic N) is 4. The number of aromatic nitrogens is 5. The highest BCUT2D eigenvalue weighted by Crippen LogP contribution is 2.43. The lowest BCUT2D eigenvalue weighted by Gasteiger charge is -2.28. The molecule has 8 nitrogen and oxygen atoms in total. The van der Waals surface area contributed by atoms with Gasteiger partial charge >= 0.3 is 0 Å². The number of aromatic amines is 3. The number of hydrogen-bond donors (Lipinski definition) is 3. The summed E-state index contributed by atoms with van der Waals surface area (Å²) in [4.78, 5) is 34.0. The fourth-order valence-electron chi connectivity index (χ4n) is 4.80. The molecule has 0 unspecified atom stereocenters. The topological polar surface area (TPSA) is 117 Å². The van der Waals surface area contributed by atoms with Gasteiger partial charge in [0.05, 0.1) is 28.3 Å². The second kappa shape index (κ2) is 6.79. The van der Waals surface area contributed by atoms with E-state index in [1.807, 2.05) is 12.3 Å². The van der Waals surface area contributed by atoms with E-state index in [1.54, 1.807) is 6.20 Å². The molecule has 6 rings (SSSR count). The number of fused-ring (bicyclic) bond motifs is 2. The number of hydrogen-bond acceptors (Lipinski definition) is 5. The summed E-state index contributed by atoms with van der Waals surface area (Å²) in [6.07, 6.45) is 7.77. The van der Waals surface area contributed by atoms with Crippen molar-refractivity contribution in [2.45, 2.75) is 37.5 Å². The van der Waals surface area contributed by atoms with Gasteiger partial charge in [-0.25, -0.2) is 4.98 Å². The molecular weight excluding hydrogens is 390 g/mol. The molecule has 0 radical (unpaired) electrons. The molecule has 0 atom stereocenters. The van der Waals surface area contributed by atoms with Crippen LogP contribution in [0.1, 0.15) is 54.5 Å². The van der Waals surface area contributed by atoms with Crippen molar-refractivity contribution in [1.29, 1.82) is 5.26 Å². The number of rotatable bonds is 3. The van der Waals surface area contributed by atoms with E-state index >= 15 is 0 Å². The van der Waals surface area contributed by atoms with E-state index in [0.717, 1.165) is 66.6 Å². The van der Waals surface area contributed by atoms with Crippen molar-refractivity contribution in [3.05, 3.63) is 45.8 Å². The lowest BCUT2D eigenvalue weighted by molar-refractivity contribution is 0.253. The summed E-state index contributed by atoms with van der Waals surface area (Å²) in [6, 6.07) is 4.36. The number of nitrogens with one attached hydrogen (secondary N) is 3. The highest BCUT2D eigenvalue weighted by atomic mass is 16.1. The third-order valence-electron chi connectivity index (χ3n) is 6.75. The molecule has 2 aliphatic rings. The van der Waals surface area contributed by atoms with Crippen molar-refractivity contribution in [3.8, 4) is 17.5 Å². The first-order valence-corrected chi connectivity index (χ1v) is 10.8. The Morgan fingerprint density at radius 2 is 1.97 bits per heavy atom. The second-order valence-corrected chi connectivity index (χ2v) is 8.87. The van der Waals surface area contributed by atoms with Gasteiger partial charge in [0.2, 0.25) is 0 Å². The Hall–Kier alpha value is -3.44. The Balaban J connectivity index is 1.47. The third kappa shape index (κ3) is 2.96. The average Bonchev–Trinajstić information content (AvgIpc) is 3.43. The second-order valence-electron chi connectivity index (χ2n) is 8.87. The van der Waals surface area contributed by atoms with E-state index in [-0.39, 0.29) is 5.56 Å². The molecule has 5 heterocycles.